The van der Waals surface area contributed by atoms with Gasteiger partial charge in [-0.15, -0.1) is 11.6 Å². The number of rotatable bonds is 7. The van der Waals surface area contributed by atoms with Crippen LogP contribution >= 0.6 is 11.6 Å². The standard InChI is InChI=1S/C14H18ClNO6/c1-19-11-8-6-22-14(18)9(8)10(16-5-7(17)4-15)12(20-2)13(11)21-3/h7,16-17H,4-6H2,1-3H3. The molecule has 1 aromatic rings. The smallest absolute Gasteiger partial charge is 0.341 e. The molecular formula is C14H18ClNO6. The van der Waals surface area contributed by atoms with E-state index in [1.165, 1.54) is 21.3 Å². The summed E-state index contributed by atoms with van der Waals surface area (Å²) >= 11 is 5.59. The van der Waals surface area contributed by atoms with Crippen LogP contribution in [0.3, 0.4) is 0 Å². The summed E-state index contributed by atoms with van der Waals surface area (Å²) in [4.78, 5) is 12.0. The van der Waals surface area contributed by atoms with Crippen LogP contribution in [0.4, 0.5) is 5.69 Å². The third kappa shape index (κ3) is 2.74. The number of fused-ring (bicyclic) bond motifs is 1. The Morgan fingerprint density at radius 2 is 1.86 bits per heavy atom. The van der Waals surface area contributed by atoms with Gasteiger partial charge in [0.2, 0.25) is 5.75 Å². The number of aliphatic hydroxyl groups excluding tert-OH is 1. The Balaban J connectivity index is 2.59. The molecule has 22 heavy (non-hydrogen) atoms. The molecule has 0 fully saturated rings. The zero-order valence-electron chi connectivity index (χ0n) is 12.6. The van der Waals surface area contributed by atoms with Gasteiger partial charge in [-0.05, 0) is 0 Å². The predicted molar refractivity (Wildman–Crippen MR) is 80.4 cm³/mol. The number of alkyl halides is 1. The number of anilines is 1. The molecule has 7 nitrogen and oxygen atoms in total. The van der Waals surface area contributed by atoms with Crippen molar-refractivity contribution in [2.75, 3.05) is 39.1 Å². The van der Waals surface area contributed by atoms with Crippen LogP contribution in [0.25, 0.3) is 0 Å². The van der Waals surface area contributed by atoms with Gasteiger partial charge in [-0.25, -0.2) is 4.79 Å². The van der Waals surface area contributed by atoms with E-state index in [-0.39, 0.29) is 19.0 Å². The Labute approximate surface area is 133 Å². The van der Waals surface area contributed by atoms with Crippen molar-refractivity contribution in [2.45, 2.75) is 12.7 Å². The number of esters is 1. The summed E-state index contributed by atoms with van der Waals surface area (Å²) in [5.41, 5.74) is 1.28. The molecule has 8 heteroatoms. The van der Waals surface area contributed by atoms with Crippen LogP contribution in [0.15, 0.2) is 0 Å². The summed E-state index contributed by atoms with van der Waals surface area (Å²) in [5.74, 6) is 0.624. The molecule has 0 spiro atoms. The number of hydrogen-bond donors (Lipinski definition) is 2. The van der Waals surface area contributed by atoms with Gasteiger partial charge in [0.25, 0.3) is 0 Å². The number of carbonyl (C=O) groups is 1. The average Bonchev–Trinajstić information content (AvgIpc) is 2.92. The predicted octanol–water partition coefficient (Wildman–Crippen LogP) is 1.39. The molecule has 1 unspecified atom stereocenters. The van der Waals surface area contributed by atoms with Crippen LogP contribution in [-0.4, -0.2) is 50.9 Å². The van der Waals surface area contributed by atoms with E-state index in [2.05, 4.69) is 5.32 Å². The molecule has 122 valence electrons. The largest absolute Gasteiger partial charge is 0.492 e. The lowest BCUT2D eigenvalue weighted by Gasteiger charge is -2.20. The molecule has 0 aromatic heterocycles. The molecule has 0 aliphatic carbocycles. The third-order valence-electron chi connectivity index (χ3n) is 3.32. The maximum absolute atomic E-state index is 12.0. The summed E-state index contributed by atoms with van der Waals surface area (Å²) in [6.45, 7) is 0.236. The van der Waals surface area contributed by atoms with Crippen molar-refractivity contribution in [1.82, 2.24) is 0 Å². The van der Waals surface area contributed by atoms with Crippen LogP contribution in [0.5, 0.6) is 17.2 Å². The van der Waals surface area contributed by atoms with Crippen molar-refractivity contribution in [3.63, 3.8) is 0 Å². The van der Waals surface area contributed by atoms with Crippen molar-refractivity contribution < 1.29 is 28.8 Å². The Morgan fingerprint density at radius 3 is 2.41 bits per heavy atom. The van der Waals surface area contributed by atoms with Gasteiger partial charge in [0, 0.05) is 6.54 Å². The molecule has 2 rings (SSSR count). The highest BCUT2D eigenvalue weighted by Gasteiger charge is 2.35. The summed E-state index contributed by atoms with van der Waals surface area (Å²) < 4.78 is 21.1. The van der Waals surface area contributed by atoms with Gasteiger partial charge in [0.1, 0.15) is 6.61 Å². The Bertz CT molecular complexity index is 577. The molecule has 0 saturated heterocycles. The lowest BCUT2D eigenvalue weighted by Crippen LogP contribution is -2.22. The highest BCUT2D eigenvalue weighted by atomic mass is 35.5. The van der Waals surface area contributed by atoms with E-state index in [9.17, 15) is 9.90 Å². The quantitative estimate of drug-likeness (QED) is 0.577. The highest BCUT2D eigenvalue weighted by molar-refractivity contribution is 6.18. The van der Waals surface area contributed by atoms with E-state index in [0.717, 1.165) is 0 Å². The van der Waals surface area contributed by atoms with E-state index in [1.54, 1.807) is 0 Å². The van der Waals surface area contributed by atoms with E-state index >= 15 is 0 Å². The Morgan fingerprint density at radius 1 is 1.23 bits per heavy atom. The lowest BCUT2D eigenvalue weighted by molar-refractivity contribution is 0.0534. The minimum absolute atomic E-state index is 0.0647. The van der Waals surface area contributed by atoms with E-state index in [0.29, 0.717) is 34.1 Å². The van der Waals surface area contributed by atoms with Crippen molar-refractivity contribution >= 4 is 23.3 Å². The first-order valence-corrected chi connectivity index (χ1v) is 7.12. The fourth-order valence-corrected chi connectivity index (χ4v) is 2.45. The van der Waals surface area contributed by atoms with E-state index in [4.69, 9.17) is 30.5 Å². The molecule has 1 atom stereocenters. The monoisotopic (exact) mass is 331 g/mol. The molecule has 0 bridgehead atoms. The average molecular weight is 332 g/mol. The molecule has 1 heterocycles. The van der Waals surface area contributed by atoms with Crippen molar-refractivity contribution in [3.8, 4) is 17.2 Å². The number of hydrogen-bond acceptors (Lipinski definition) is 7. The SMILES string of the molecule is COc1c2c(c(NCC(O)CCl)c(OC)c1OC)C(=O)OC2. The second-order valence-electron chi connectivity index (χ2n) is 4.59. The molecule has 1 aliphatic rings. The van der Waals surface area contributed by atoms with Crippen LogP contribution in [0.2, 0.25) is 0 Å². The first-order chi connectivity index (χ1) is 10.6. The van der Waals surface area contributed by atoms with Gasteiger partial charge in [-0.2, -0.15) is 0 Å². The van der Waals surface area contributed by atoms with Gasteiger partial charge in [0.15, 0.2) is 11.5 Å². The van der Waals surface area contributed by atoms with Crippen molar-refractivity contribution in [2.24, 2.45) is 0 Å². The first kappa shape index (κ1) is 16.5. The van der Waals surface area contributed by atoms with E-state index < -0.39 is 12.1 Å². The Kier molecular flexibility index (Phi) is 5.20. The van der Waals surface area contributed by atoms with Crippen LogP contribution in [0, 0.1) is 0 Å². The summed E-state index contributed by atoms with van der Waals surface area (Å²) in [5, 5.41) is 12.6. The minimum atomic E-state index is -0.771. The second kappa shape index (κ2) is 6.93. The molecule has 1 aromatic carbocycles. The Hall–Kier alpha value is -1.86. The number of methoxy groups -OCH3 is 3. The highest BCUT2D eigenvalue weighted by Crippen LogP contribution is 2.50. The zero-order chi connectivity index (χ0) is 16.3. The maximum Gasteiger partial charge on any atom is 0.341 e. The lowest BCUT2D eigenvalue weighted by atomic mass is 10.0. The molecule has 0 radical (unpaired) electrons. The molecule has 1 aliphatic heterocycles. The summed E-state index contributed by atoms with van der Waals surface area (Å²) in [6.07, 6.45) is -0.771. The number of nitrogens with one attached hydrogen (secondary N) is 1. The summed E-state index contributed by atoms with van der Waals surface area (Å²) in [6, 6.07) is 0. The van der Waals surface area contributed by atoms with Gasteiger partial charge in [-0.1, -0.05) is 0 Å². The third-order valence-corrected chi connectivity index (χ3v) is 3.68. The molecular weight excluding hydrogens is 314 g/mol. The molecule has 2 N–H and O–H groups in total. The number of aliphatic hydroxyl groups is 1. The van der Waals surface area contributed by atoms with Crippen molar-refractivity contribution in [1.29, 1.82) is 0 Å². The van der Waals surface area contributed by atoms with E-state index in [1.807, 2.05) is 0 Å². The van der Waals surface area contributed by atoms with Crippen LogP contribution < -0.4 is 19.5 Å². The zero-order valence-corrected chi connectivity index (χ0v) is 13.3. The van der Waals surface area contributed by atoms with Crippen molar-refractivity contribution in [3.05, 3.63) is 11.1 Å². The topological polar surface area (TPSA) is 86.3 Å². The molecule has 0 amide bonds. The number of carbonyl (C=O) groups excluding carboxylic acids is 1. The van der Waals surface area contributed by atoms with Gasteiger partial charge in [0.05, 0.1) is 50.1 Å². The van der Waals surface area contributed by atoms with Gasteiger partial charge >= 0.3 is 5.97 Å². The minimum Gasteiger partial charge on any atom is -0.492 e. The summed E-state index contributed by atoms with van der Waals surface area (Å²) in [7, 11) is 4.40. The number of ether oxygens (including phenoxy) is 4. The van der Waals surface area contributed by atoms with Gasteiger partial charge < -0.3 is 29.4 Å². The maximum atomic E-state index is 12.0. The van der Waals surface area contributed by atoms with Crippen LogP contribution in [-0.2, 0) is 11.3 Å². The van der Waals surface area contributed by atoms with Crippen LogP contribution in [0.1, 0.15) is 15.9 Å². The first-order valence-electron chi connectivity index (χ1n) is 6.58. The second-order valence-corrected chi connectivity index (χ2v) is 4.90. The van der Waals surface area contributed by atoms with Gasteiger partial charge in [-0.3, -0.25) is 0 Å². The molecule has 0 saturated carbocycles. The fraction of sp³-hybridized carbons (Fsp3) is 0.500. The number of halogens is 1. The number of benzene rings is 1. The number of cyclic esters (lactones) is 1. The normalized spacial score (nSPS) is 14.1. The fourth-order valence-electron chi connectivity index (χ4n) is 2.34.